The maximum Gasteiger partial charge on any atom is 0.217 e. The number of unbranched alkanes of at least 4 members (excludes halogenated alkanes) is 1. The van der Waals surface area contributed by atoms with Gasteiger partial charge in [0.05, 0.1) is 12.0 Å². The molecule has 7 heteroatoms. The standard InChI is InChI=1S/C15H19N3O3S/c1-2-3-7-18-14(10-12-6-9-22(19,20)11-12)16-15(17-18)13-5-4-8-21-13/h4-6,8-9,12H,2-3,7,10-11H2,1H3/t12-/m0/s1. The van der Waals surface area contributed by atoms with Gasteiger partial charge in [-0.15, -0.1) is 5.10 Å². The molecule has 0 spiro atoms. The van der Waals surface area contributed by atoms with Crippen molar-refractivity contribution in [1.82, 2.24) is 14.8 Å². The van der Waals surface area contributed by atoms with E-state index in [0.717, 1.165) is 25.2 Å². The summed E-state index contributed by atoms with van der Waals surface area (Å²) in [6.07, 6.45) is 5.99. The van der Waals surface area contributed by atoms with Crippen molar-refractivity contribution in [2.45, 2.75) is 32.7 Å². The maximum absolute atomic E-state index is 11.5. The Labute approximate surface area is 129 Å². The van der Waals surface area contributed by atoms with Gasteiger partial charge in [-0.2, -0.15) is 0 Å². The average molecular weight is 321 g/mol. The van der Waals surface area contributed by atoms with Gasteiger partial charge in [0, 0.05) is 18.4 Å². The van der Waals surface area contributed by atoms with Gasteiger partial charge < -0.3 is 4.42 Å². The highest BCUT2D eigenvalue weighted by Gasteiger charge is 2.24. The van der Waals surface area contributed by atoms with Crippen molar-refractivity contribution < 1.29 is 12.8 Å². The third-order valence-electron chi connectivity index (χ3n) is 3.66. The van der Waals surface area contributed by atoms with Gasteiger partial charge >= 0.3 is 0 Å². The lowest BCUT2D eigenvalue weighted by Gasteiger charge is -2.08. The number of rotatable bonds is 6. The minimum atomic E-state index is -3.04. The van der Waals surface area contributed by atoms with Crippen LogP contribution < -0.4 is 0 Å². The topological polar surface area (TPSA) is 78.0 Å². The third kappa shape index (κ3) is 3.30. The van der Waals surface area contributed by atoms with E-state index in [1.54, 1.807) is 18.4 Å². The molecule has 0 aromatic carbocycles. The molecule has 0 amide bonds. The second-order valence-electron chi connectivity index (χ2n) is 5.53. The molecule has 22 heavy (non-hydrogen) atoms. The second-order valence-corrected chi connectivity index (χ2v) is 7.46. The van der Waals surface area contributed by atoms with Crippen molar-refractivity contribution in [3.63, 3.8) is 0 Å². The zero-order chi connectivity index (χ0) is 15.6. The van der Waals surface area contributed by atoms with E-state index in [-0.39, 0.29) is 11.7 Å². The van der Waals surface area contributed by atoms with E-state index in [0.29, 0.717) is 18.0 Å². The highest BCUT2D eigenvalue weighted by Crippen LogP contribution is 2.22. The normalized spacial score (nSPS) is 19.8. The monoisotopic (exact) mass is 321 g/mol. The fourth-order valence-corrected chi connectivity index (χ4v) is 3.92. The number of aromatic nitrogens is 3. The summed E-state index contributed by atoms with van der Waals surface area (Å²) < 4.78 is 30.3. The second kappa shape index (κ2) is 6.08. The van der Waals surface area contributed by atoms with E-state index in [1.165, 1.54) is 5.41 Å². The molecule has 3 heterocycles. The lowest BCUT2D eigenvalue weighted by atomic mass is 10.1. The number of hydrogen-bond donors (Lipinski definition) is 0. The summed E-state index contributed by atoms with van der Waals surface area (Å²) in [5, 5.41) is 5.81. The largest absolute Gasteiger partial charge is 0.461 e. The summed E-state index contributed by atoms with van der Waals surface area (Å²) in [6.45, 7) is 2.90. The Bertz CT molecular complexity index is 760. The molecule has 0 N–H and O–H groups in total. The van der Waals surface area contributed by atoms with Gasteiger partial charge in [-0.3, -0.25) is 0 Å². The highest BCUT2D eigenvalue weighted by molar-refractivity contribution is 7.94. The Morgan fingerprint density at radius 2 is 2.32 bits per heavy atom. The van der Waals surface area contributed by atoms with Gasteiger partial charge in [-0.1, -0.05) is 19.4 Å². The molecule has 0 unspecified atom stereocenters. The van der Waals surface area contributed by atoms with E-state index >= 15 is 0 Å². The van der Waals surface area contributed by atoms with Crippen molar-refractivity contribution >= 4 is 9.84 Å². The Morgan fingerprint density at radius 1 is 1.45 bits per heavy atom. The van der Waals surface area contributed by atoms with Crippen LogP contribution in [0.5, 0.6) is 0 Å². The lowest BCUT2D eigenvalue weighted by Crippen LogP contribution is -2.13. The molecule has 118 valence electrons. The van der Waals surface area contributed by atoms with Gasteiger partial charge in [0.1, 0.15) is 5.82 Å². The van der Waals surface area contributed by atoms with Gasteiger partial charge in [-0.25, -0.2) is 18.1 Å². The van der Waals surface area contributed by atoms with Gasteiger partial charge in [-0.05, 0) is 24.5 Å². The zero-order valence-corrected chi connectivity index (χ0v) is 13.3. The molecular formula is C15H19N3O3S. The number of furan rings is 1. The van der Waals surface area contributed by atoms with Crippen molar-refractivity contribution in [2.75, 3.05) is 5.75 Å². The summed E-state index contributed by atoms with van der Waals surface area (Å²) in [6, 6.07) is 3.62. The summed E-state index contributed by atoms with van der Waals surface area (Å²) in [5.41, 5.74) is 0. The predicted octanol–water partition coefficient (Wildman–Crippen LogP) is 2.44. The summed E-state index contributed by atoms with van der Waals surface area (Å²) in [7, 11) is -3.04. The summed E-state index contributed by atoms with van der Waals surface area (Å²) in [4.78, 5) is 4.55. The minimum absolute atomic E-state index is 0.0287. The van der Waals surface area contributed by atoms with E-state index in [4.69, 9.17) is 4.42 Å². The zero-order valence-electron chi connectivity index (χ0n) is 12.5. The van der Waals surface area contributed by atoms with Crippen molar-refractivity contribution in [2.24, 2.45) is 5.92 Å². The molecule has 6 nitrogen and oxygen atoms in total. The minimum Gasteiger partial charge on any atom is -0.461 e. The molecule has 2 aromatic heterocycles. The fourth-order valence-electron chi connectivity index (χ4n) is 2.52. The summed E-state index contributed by atoms with van der Waals surface area (Å²) >= 11 is 0. The number of hydrogen-bond acceptors (Lipinski definition) is 5. The molecule has 0 radical (unpaired) electrons. The van der Waals surface area contributed by atoms with Crippen LogP contribution in [-0.4, -0.2) is 28.9 Å². The van der Waals surface area contributed by atoms with Crippen LogP contribution in [0.1, 0.15) is 25.6 Å². The van der Waals surface area contributed by atoms with Gasteiger partial charge in [0.25, 0.3) is 0 Å². The van der Waals surface area contributed by atoms with Crippen LogP contribution in [0.3, 0.4) is 0 Å². The average Bonchev–Trinajstić information content (AvgIpc) is 3.17. The molecule has 0 aliphatic carbocycles. The van der Waals surface area contributed by atoms with E-state index in [2.05, 4.69) is 17.0 Å². The van der Waals surface area contributed by atoms with Crippen LogP contribution >= 0.6 is 0 Å². The van der Waals surface area contributed by atoms with Crippen molar-refractivity contribution in [3.8, 4) is 11.6 Å². The van der Waals surface area contributed by atoms with E-state index in [1.807, 2.05) is 10.7 Å². The summed E-state index contributed by atoms with van der Waals surface area (Å²) in [5.74, 6) is 2.13. The Kier molecular flexibility index (Phi) is 4.15. The first-order chi connectivity index (χ1) is 10.6. The molecule has 0 saturated heterocycles. The fraction of sp³-hybridized carbons (Fsp3) is 0.467. The first-order valence-corrected chi connectivity index (χ1v) is 9.17. The van der Waals surface area contributed by atoms with Gasteiger partial charge in [0.2, 0.25) is 5.82 Å². The van der Waals surface area contributed by atoms with Crippen LogP contribution in [0.4, 0.5) is 0 Å². The lowest BCUT2D eigenvalue weighted by molar-refractivity contribution is 0.525. The van der Waals surface area contributed by atoms with Crippen LogP contribution in [0, 0.1) is 5.92 Å². The Hall–Kier alpha value is -1.89. The maximum atomic E-state index is 11.5. The quantitative estimate of drug-likeness (QED) is 0.816. The van der Waals surface area contributed by atoms with Crippen LogP contribution in [0.2, 0.25) is 0 Å². The first kappa shape index (κ1) is 15.0. The highest BCUT2D eigenvalue weighted by atomic mass is 32.2. The smallest absolute Gasteiger partial charge is 0.217 e. The van der Waals surface area contributed by atoms with Crippen molar-refractivity contribution in [1.29, 1.82) is 0 Å². The van der Waals surface area contributed by atoms with E-state index in [9.17, 15) is 8.42 Å². The molecule has 0 fully saturated rings. The Morgan fingerprint density at radius 3 is 2.95 bits per heavy atom. The number of nitrogens with zero attached hydrogens (tertiary/aromatic N) is 3. The van der Waals surface area contributed by atoms with Crippen LogP contribution in [-0.2, 0) is 22.8 Å². The Balaban J connectivity index is 1.83. The predicted molar refractivity (Wildman–Crippen MR) is 82.8 cm³/mol. The molecule has 1 aliphatic rings. The molecule has 2 aromatic rings. The first-order valence-electron chi connectivity index (χ1n) is 7.46. The third-order valence-corrected chi connectivity index (χ3v) is 5.13. The number of sulfone groups is 1. The van der Waals surface area contributed by atoms with E-state index < -0.39 is 9.84 Å². The number of allylic oxidation sites excluding steroid dienone is 1. The van der Waals surface area contributed by atoms with Crippen LogP contribution in [0.15, 0.2) is 34.3 Å². The van der Waals surface area contributed by atoms with Crippen LogP contribution in [0.25, 0.3) is 11.6 Å². The molecule has 1 atom stereocenters. The molecule has 0 saturated carbocycles. The van der Waals surface area contributed by atoms with Gasteiger partial charge in [0.15, 0.2) is 15.6 Å². The molecular weight excluding hydrogens is 302 g/mol. The molecule has 3 rings (SSSR count). The molecule has 1 aliphatic heterocycles. The number of aryl methyl sites for hydroxylation is 1. The van der Waals surface area contributed by atoms with Crippen molar-refractivity contribution in [3.05, 3.63) is 35.7 Å². The SMILES string of the molecule is CCCCn1nc(-c2ccco2)nc1C[C@@H]1C=CS(=O)(=O)C1. The molecule has 0 bridgehead atoms.